The van der Waals surface area contributed by atoms with Crippen LogP contribution in [0.15, 0.2) is 58.4 Å². The lowest BCUT2D eigenvalue weighted by atomic mass is 10.1. The summed E-state index contributed by atoms with van der Waals surface area (Å²) in [5, 5.41) is 2.82. The van der Waals surface area contributed by atoms with Crippen LogP contribution < -0.4 is 9.80 Å². The highest BCUT2D eigenvalue weighted by Gasteiger charge is 2.38. The lowest BCUT2D eigenvalue weighted by Gasteiger charge is -2.25. The number of nitrogens with zero attached hydrogens (tertiary/aromatic N) is 3. The molecular formula is C22H19BrFN3O2S. The summed E-state index contributed by atoms with van der Waals surface area (Å²) in [4.78, 5) is 33.8. The molecule has 5 nitrogen and oxygen atoms in total. The van der Waals surface area contributed by atoms with Gasteiger partial charge in [0.1, 0.15) is 5.82 Å². The molecule has 8 heteroatoms. The van der Waals surface area contributed by atoms with Crippen molar-refractivity contribution in [3.63, 3.8) is 0 Å². The van der Waals surface area contributed by atoms with Crippen LogP contribution in [0.1, 0.15) is 17.1 Å². The number of aromatic nitrogens is 1. The van der Waals surface area contributed by atoms with Gasteiger partial charge in [-0.3, -0.25) is 9.59 Å². The minimum absolute atomic E-state index is 0.0937. The number of rotatable bonds is 5. The largest absolute Gasteiger partial charge is 0.310 e. The molecule has 1 saturated heterocycles. The van der Waals surface area contributed by atoms with E-state index in [0.29, 0.717) is 12.2 Å². The second kappa shape index (κ2) is 8.65. The Morgan fingerprint density at radius 3 is 2.67 bits per heavy atom. The summed E-state index contributed by atoms with van der Waals surface area (Å²) in [6, 6.07) is 13.3. The Bertz CT molecular complexity index is 1090. The minimum Gasteiger partial charge on any atom is -0.310 e. The Hall–Kier alpha value is -2.58. The van der Waals surface area contributed by atoms with Gasteiger partial charge in [-0.15, -0.1) is 11.3 Å². The first-order chi connectivity index (χ1) is 14.4. The highest BCUT2D eigenvalue weighted by atomic mass is 79.9. The van der Waals surface area contributed by atoms with Crippen molar-refractivity contribution in [1.82, 2.24) is 4.98 Å². The molecule has 1 aliphatic rings. The summed E-state index contributed by atoms with van der Waals surface area (Å²) in [6.45, 7) is 2.48. The van der Waals surface area contributed by atoms with E-state index < -0.39 is 5.92 Å². The van der Waals surface area contributed by atoms with E-state index in [1.807, 2.05) is 36.6 Å². The lowest BCUT2D eigenvalue weighted by molar-refractivity contribution is -0.124. The van der Waals surface area contributed by atoms with Crippen LogP contribution in [0.3, 0.4) is 0 Å². The number of amides is 2. The Kier molecular flexibility index (Phi) is 5.97. The van der Waals surface area contributed by atoms with Crippen LogP contribution in [-0.2, 0) is 16.1 Å². The first-order valence-corrected chi connectivity index (χ1v) is 11.1. The average Bonchev–Trinajstić information content (AvgIpc) is 3.32. The fourth-order valence-electron chi connectivity index (χ4n) is 3.56. The summed E-state index contributed by atoms with van der Waals surface area (Å²) >= 11 is 4.99. The molecule has 1 aliphatic heterocycles. The van der Waals surface area contributed by atoms with Gasteiger partial charge >= 0.3 is 0 Å². The molecule has 0 saturated carbocycles. The number of aryl methyl sites for hydroxylation is 1. The first kappa shape index (κ1) is 20.7. The second-order valence-corrected chi connectivity index (χ2v) is 9.03. The Balaban J connectivity index is 1.60. The van der Waals surface area contributed by atoms with Crippen LogP contribution in [0.2, 0.25) is 0 Å². The summed E-state index contributed by atoms with van der Waals surface area (Å²) in [7, 11) is 0. The van der Waals surface area contributed by atoms with E-state index in [9.17, 15) is 14.0 Å². The Labute approximate surface area is 186 Å². The number of carbonyl (C=O) groups is 2. The van der Waals surface area contributed by atoms with Gasteiger partial charge in [-0.2, -0.15) is 0 Å². The van der Waals surface area contributed by atoms with Gasteiger partial charge in [-0.25, -0.2) is 9.37 Å². The predicted molar refractivity (Wildman–Crippen MR) is 119 cm³/mol. The quantitative estimate of drug-likeness (QED) is 0.512. The van der Waals surface area contributed by atoms with Gasteiger partial charge in [0.25, 0.3) is 0 Å². The SMILES string of the molecule is Cc1nc(CN(C(=O)C2CC(=O)N(c3ccccc3Br)C2)c2ccc(F)cc2)cs1. The third-order valence-corrected chi connectivity index (χ3v) is 6.50. The van der Waals surface area contributed by atoms with Gasteiger partial charge in [-0.1, -0.05) is 12.1 Å². The van der Waals surface area contributed by atoms with E-state index in [4.69, 9.17) is 0 Å². The fraction of sp³-hybridized carbons (Fsp3) is 0.227. The molecular weight excluding hydrogens is 469 g/mol. The molecule has 3 aromatic rings. The molecule has 4 rings (SSSR count). The topological polar surface area (TPSA) is 53.5 Å². The molecule has 2 heterocycles. The zero-order valence-corrected chi connectivity index (χ0v) is 18.6. The monoisotopic (exact) mass is 487 g/mol. The molecule has 1 unspecified atom stereocenters. The van der Waals surface area contributed by atoms with Crippen LogP contribution in [-0.4, -0.2) is 23.3 Å². The third kappa shape index (κ3) is 4.29. The standard InChI is InChI=1S/C22H19BrFN3O2S/c1-14-25-17(13-30-14)12-26(18-8-6-16(24)7-9-18)22(29)15-10-21(28)27(11-15)20-5-3-2-4-19(20)23/h2-9,13,15H,10-12H2,1H3. The molecule has 2 amide bonds. The van der Waals surface area contributed by atoms with Gasteiger partial charge in [0.15, 0.2) is 0 Å². The van der Waals surface area contributed by atoms with E-state index in [-0.39, 0.29) is 30.6 Å². The zero-order chi connectivity index (χ0) is 21.3. The molecule has 154 valence electrons. The van der Waals surface area contributed by atoms with Gasteiger partial charge < -0.3 is 9.80 Å². The number of anilines is 2. The summed E-state index contributed by atoms with van der Waals surface area (Å²) in [5.41, 5.74) is 2.10. The minimum atomic E-state index is -0.491. The van der Waals surface area contributed by atoms with E-state index >= 15 is 0 Å². The fourth-order valence-corrected chi connectivity index (χ4v) is 4.66. The van der Waals surface area contributed by atoms with E-state index in [0.717, 1.165) is 20.9 Å². The van der Waals surface area contributed by atoms with Crippen LogP contribution in [0.5, 0.6) is 0 Å². The van der Waals surface area contributed by atoms with E-state index in [2.05, 4.69) is 20.9 Å². The predicted octanol–water partition coefficient (Wildman–Crippen LogP) is 4.94. The van der Waals surface area contributed by atoms with Crippen LogP contribution in [0.25, 0.3) is 0 Å². The van der Waals surface area contributed by atoms with Crippen molar-refractivity contribution in [3.05, 3.63) is 74.9 Å². The number of hydrogen-bond acceptors (Lipinski definition) is 4. The summed E-state index contributed by atoms with van der Waals surface area (Å²) < 4.78 is 14.2. The van der Waals surface area contributed by atoms with Crippen LogP contribution >= 0.6 is 27.3 Å². The van der Waals surface area contributed by atoms with Crippen LogP contribution in [0, 0.1) is 18.7 Å². The van der Waals surface area contributed by atoms with E-state index in [1.165, 1.54) is 23.5 Å². The number of thiazole rings is 1. The van der Waals surface area contributed by atoms with Crippen LogP contribution in [0.4, 0.5) is 15.8 Å². The highest BCUT2D eigenvalue weighted by molar-refractivity contribution is 9.10. The van der Waals surface area contributed by atoms with Crippen molar-refractivity contribution in [2.75, 3.05) is 16.3 Å². The Morgan fingerprint density at radius 2 is 2.00 bits per heavy atom. The molecule has 0 spiro atoms. The van der Waals surface area contributed by atoms with Crippen molar-refractivity contribution in [1.29, 1.82) is 0 Å². The number of para-hydroxylation sites is 1. The second-order valence-electron chi connectivity index (χ2n) is 7.12. The molecule has 2 aromatic carbocycles. The summed E-state index contributed by atoms with van der Waals surface area (Å²) in [5.74, 6) is -1.12. The van der Waals surface area contributed by atoms with Crippen molar-refractivity contribution >= 4 is 50.5 Å². The molecule has 0 N–H and O–H groups in total. The molecule has 0 aliphatic carbocycles. The van der Waals surface area contributed by atoms with Gasteiger partial charge in [0.05, 0.1) is 28.9 Å². The molecule has 1 aromatic heterocycles. The lowest BCUT2D eigenvalue weighted by Crippen LogP contribution is -2.37. The molecule has 1 atom stereocenters. The maximum Gasteiger partial charge on any atom is 0.232 e. The first-order valence-electron chi connectivity index (χ1n) is 9.45. The third-order valence-electron chi connectivity index (χ3n) is 5.01. The molecule has 1 fully saturated rings. The molecule has 30 heavy (non-hydrogen) atoms. The normalized spacial score (nSPS) is 16.2. The number of benzene rings is 2. The highest BCUT2D eigenvalue weighted by Crippen LogP contribution is 2.33. The van der Waals surface area contributed by atoms with Gasteiger partial charge in [0.2, 0.25) is 11.8 Å². The molecule has 0 bridgehead atoms. The number of halogens is 2. The van der Waals surface area contributed by atoms with Gasteiger partial charge in [0, 0.05) is 28.5 Å². The number of carbonyl (C=O) groups excluding carboxylic acids is 2. The summed E-state index contributed by atoms with van der Waals surface area (Å²) in [6.07, 6.45) is 0.133. The average molecular weight is 488 g/mol. The smallest absolute Gasteiger partial charge is 0.232 e. The van der Waals surface area contributed by atoms with Crippen molar-refractivity contribution in [2.45, 2.75) is 19.9 Å². The van der Waals surface area contributed by atoms with Crippen molar-refractivity contribution in [2.24, 2.45) is 5.92 Å². The van der Waals surface area contributed by atoms with Crippen molar-refractivity contribution < 1.29 is 14.0 Å². The van der Waals surface area contributed by atoms with E-state index in [1.54, 1.807) is 21.9 Å². The maximum atomic E-state index is 13.5. The molecule has 0 radical (unpaired) electrons. The zero-order valence-electron chi connectivity index (χ0n) is 16.2. The van der Waals surface area contributed by atoms with Gasteiger partial charge in [-0.05, 0) is 59.3 Å². The maximum absolute atomic E-state index is 13.5. The number of hydrogen-bond donors (Lipinski definition) is 0. The Morgan fingerprint density at radius 1 is 1.27 bits per heavy atom. The van der Waals surface area contributed by atoms with Crippen molar-refractivity contribution in [3.8, 4) is 0 Å².